The summed E-state index contributed by atoms with van der Waals surface area (Å²) in [5.74, 6) is -0.546. The molecular weight excluding hydrogens is 478 g/mol. The Morgan fingerprint density at radius 3 is 2.16 bits per heavy atom. The molecule has 0 unspecified atom stereocenters. The number of aromatic nitrogens is 2. The van der Waals surface area contributed by atoms with E-state index in [-0.39, 0.29) is 23.8 Å². The number of nitrogens with zero attached hydrogens (tertiary/aromatic N) is 2. The summed E-state index contributed by atoms with van der Waals surface area (Å²) in [7, 11) is 1.75. The van der Waals surface area contributed by atoms with Crippen LogP contribution in [0.5, 0.6) is 0 Å². The van der Waals surface area contributed by atoms with E-state index in [2.05, 4.69) is 15.3 Å². The van der Waals surface area contributed by atoms with Gasteiger partial charge in [0.05, 0.1) is 0 Å². The van der Waals surface area contributed by atoms with Crippen molar-refractivity contribution in [3.8, 4) is 0 Å². The van der Waals surface area contributed by atoms with E-state index >= 15 is 0 Å². The predicted molar refractivity (Wildman–Crippen MR) is 149 cm³/mol. The van der Waals surface area contributed by atoms with Crippen LogP contribution in [0, 0.1) is 5.41 Å². The van der Waals surface area contributed by atoms with E-state index in [1.807, 2.05) is 80.3 Å². The Balaban J connectivity index is 1.29. The van der Waals surface area contributed by atoms with Crippen LogP contribution >= 0.6 is 0 Å². The number of aromatic amines is 2. The van der Waals surface area contributed by atoms with E-state index in [0.29, 0.717) is 24.5 Å². The first kappa shape index (κ1) is 25.6. The van der Waals surface area contributed by atoms with E-state index in [9.17, 15) is 14.4 Å². The molecule has 1 fully saturated rings. The van der Waals surface area contributed by atoms with Crippen molar-refractivity contribution in [3.05, 3.63) is 72.1 Å². The molecule has 3 heterocycles. The van der Waals surface area contributed by atoms with Gasteiger partial charge in [0, 0.05) is 48.0 Å². The van der Waals surface area contributed by atoms with Crippen LogP contribution in [0.25, 0.3) is 21.8 Å². The molecule has 4 aromatic rings. The van der Waals surface area contributed by atoms with Crippen LogP contribution in [-0.2, 0) is 4.79 Å². The maximum atomic E-state index is 13.7. The Kier molecular flexibility index (Phi) is 6.73. The Labute approximate surface area is 222 Å². The summed E-state index contributed by atoms with van der Waals surface area (Å²) in [4.78, 5) is 50.1. The van der Waals surface area contributed by atoms with Crippen LogP contribution < -0.4 is 5.32 Å². The molecule has 0 spiro atoms. The molecule has 8 heteroatoms. The predicted octanol–water partition coefficient (Wildman–Crippen LogP) is 4.56. The van der Waals surface area contributed by atoms with Gasteiger partial charge in [0.2, 0.25) is 5.91 Å². The molecule has 2 atom stereocenters. The number of hydrogen-bond donors (Lipinski definition) is 3. The zero-order valence-electron chi connectivity index (χ0n) is 22.4. The molecule has 1 aliphatic rings. The summed E-state index contributed by atoms with van der Waals surface area (Å²) in [5, 5.41) is 4.90. The van der Waals surface area contributed by atoms with Crippen LogP contribution in [0.3, 0.4) is 0 Å². The number of H-pyrrole nitrogens is 2. The number of likely N-dealkylation sites (N-methyl/N-ethyl adjacent to an activating group) is 1. The molecule has 3 amide bonds. The van der Waals surface area contributed by atoms with E-state index in [0.717, 1.165) is 34.6 Å². The third-order valence-electron chi connectivity index (χ3n) is 7.42. The average molecular weight is 514 g/mol. The fraction of sp³-hybridized carbons (Fsp3) is 0.367. The summed E-state index contributed by atoms with van der Waals surface area (Å²) in [6, 6.07) is 18.4. The minimum Gasteiger partial charge on any atom is -0.351 e. The van der Waals surface area contributed by atoms with Crippen molar-refractivity contribution in [3.63, 3.8) is 0 Å². The molecule has 38 heavy (non-hydrogen) atoms. The maximum absolute atomic E-state index is 13.7. The van der Waals surface area contributed by atoms with Crippen molar-refractivity contribution >= 4 is 39.5 Å². The molecule has 0 bridgehead atoms. The largest absolute Gasteiger partial charge is 0.351 e. The van der Waals surface area contributed by atoms with Gasteiger partial charge in [0.1, 0.15) is 17.4 Å². The van der Waals surface area contributed by atoms with E-state index in [1.165, 1.54) is 0 Å². The molecule has 0 saturated carbocycles. The molecule has 198 valence electrons. The van der Waals surface area contributed by atoms with Gasteiger partial charge in [0.25, 0.3) is 11.8 Å². The SMILES string of the molecule is CN(C[C@@H]1CCCN1C(=O)c1cc2ccccc2[nH]1)C(=O)[C@@H](NC(=O)c1cc2ccccc2[nH]1)C(C)(C)C. The molecule has 0 aliphatic carbocycles. The summed E-state index contributed by atoms with van der Waals surface area (Å²) in [5.41, 5.74) is 2.27. The Hall–Kier alpha value is -4.07. The average Bonchev–Trinajstić information content (AvgIpc) is 3.63. The first-order valence-corrected chi connectivity index (χ1v) is 13.1. The highest BCUT2D eigenvalue weighted by molar-refractivity contribution is 6.00. The maximum Gasteiger partial charge on any atom is 0.270 e. The van der Waals surface area contributed by atoms with E-state index < -0.39 is 11.5 Å². The number of rotatable bonds is 6. The first-order valence-electron chi connectivity index (χ1n) is 13.1. The first-order chi connectivity index (χ1) is 18.1. The van der Waals surface area contributed by atoms with Crippen LogP contribution in [0.1, 0.15) is 54.6 Å². The van der Waals surface area contributed by atoms with Gasteiger partial charge in [0.15, 0.2) is 0 Å². The highest BCUT2D eigenvalue weighted by Crippen LogP contribution is 2.26. The number of fused-ring (bicyclic) bond motifs is 2. The fourth-order valence-corrected chi connectivity index (χ4v) is 5.32. The Morgan fingerprint density at radius 1 is 0.974 bits per heavy atom. The minimum atomic E-state index is -0.731. The zero-order chi connectivity index (χ0) is 27.0. The van der Waals surface area contributed by atoms with Crippen molar-refractivity contribution in [2.24, 2.45) is 5.41 Å². The summed E-state index contributed by atoms with van der Waals surface area (Å²) in [6.07, 6.45) is 1.71. The Morgan fingerprint density at radius 2 is 1.55 bits per heavy atom. The molecule has 0 radical (unpaired) electrons. The zero-order valence-corrected chi connectivity index (χ0v) is 22.4. The number of nitrogens with one attached hydrogen (secondary N) is 3. The number of benzene rings is 2. The van der Waals surface area contributed by atoms with Gasteiger partial charge in [-0.3, -0.25) is 14.4 Å². The lowest BCUT2D eigenvalue weighted by molar-refractivity contribution is -0.135. The normalized spacial score (nSPS) is 16.6. The number of carbonyl (C=O) groups excluding carboxylic acids is 3. The van der Waals surface area contributed by atoms with Gasteiger partial charge in [-0.2, -0.15) is 0 Å². The molecule has 5 rings (SSSR count). The molecular formula is C30H35N5O3. The summed E-state index contributed by atoms with van der Waals surface area (Å²) < 4.78 is 0. The van der Waals surface area contributed by atoms with Gasteiger partial charge >= 0.3 is 0 Å². The van der Waals surface area contributed by atoms with Crippen molar-refractivity contribution in [1.82, 2.24) is 25.1 Å². The fourth-order valence-electron chi connectivity index (χ4n) is 5.32. The van der Waals surface area contributed by atoms with Crippen LogP contribution in [0.4, 0.5) is 0 Å². The van der Waals surface area contributed by atoms with Crippen molar-refractivity contribution in [2.75, 3.05) is 20.1 Å². The van der Waals surface area contributed by atoms with Crippen molar-refractivity contribution in [1.29, 1.82) is 0 Å². The number of hydrogen-bond acceptors (Lipinski definition) is 3. The summed E-state index contributed by atoms with van der Waals surface area (Å²) >= 11 is 0. The van der Waals surface area contributed by atoms with Gasteiger partial charge in [-0.25, -0.2) is 0 Å². The highest BCUT2D eigenvalue weighted by Gasteiger charge is 2.37. The molecule has 8 nitrogen and oxygen atoms in total. The monoisotopic (exact) mass is 513 g/mol. The lowest BCUT2D eigenvalue weighted by Crippen LogP contribution is -2.55. The number of likely N-dealkylation sites (tertiary alicyclic amines) is 1. The van der Waals surface area contributed by atoms with Crippen LogP contribution in [0.15, 0.2) is 60.7 Å². The topological polar surface area (TPSA) is 101 Å². The minimum absolute atomic E-state index is 0.0518. The second-order valence-electron chi connectivity index (χ2n) is 11.3. The van der Waals surface area contributed by atoms with Gasteiger partial charge < -0.3 is 25.1 Å². The molecule has 3 N–H and O–H groups in total. The second kappa shape index (κ2) is 10.0. The highest BCUT2D eigenvalue weighted by atomic mass is 16.2. The van der Waals surface area contributed by atoms with E-state index in [4.69, 9.17) is 0 Å². The van der Waals surface area contributed by atoms with Gasteiger partial charge in [-0.05, 0) is 42.5 Å². The lowest BCUT2D eigenvalue weighted by atomic mass is 9.85. The molecule has 1 saturated heterocycles. The summed E-state index contributed by atoms with van der Waals surface area (Å²) in [6.45, 7) is 6.88. The van der Waals surface area contributed by atoms with Gasteiger partial charge in [-0.1, -0.05) is 57.2 Å². The van der Waals surface area contributed by atoms with Crippen molar-refractivity contribution < 1.29 is 14.4 Å². The molecule has 1 aliphatic heterocycles. The molecule has 2 aromatic carbocycles. The van der Waals surface area contributed by atoms with E-state index in [1.54, 1.807) is 18.0 Å². The standard InChI is InChI=1S/C30H35N5O3/c1-30(2,3)26(33-27(36)24-16-19-10-5-7-13-22(19)31-24)29(38)34(4)18-21-12-9-15-35(21)28(37)25-17-20-11-6-8-14-23(20)32-25/h5-8,10-11,13-14,16-17,21,26,31-32H,9,12,15,18H2,1-4H3,(H,33,36)/t21-,26+/m0/s1. The van der Waals surface area contributed by atoms with Crippen LogP contribution in [-0.4, -0.2) is 69.7 Å². The quantitative estimate of drug-likeness (QED) is 0.352. The Bertz CT molecular complexity index is 1430. The van der Waals surface area contributed by atoms with Gasteiger partial charge in [-0.15, -0.1) is 0 Å². The number of para-hydroxylation sites is 2. The third kappa shape index (κ3) is 5.03. The van der Waals surface area contributed by atoms with Crippen molar-refractivity contribution in [2.45, 2.75) is 45.7 Å². The number of carbonyl (C=O) groups is 3. The van der Waals surface area contributed by atoms with Crippen LogP contribution in [0.2, 0.25) is 0 Å². The number of amides is 3. The second-order valence-corrected chi connectivity index (χ2v) is 11.3. The third-order valence-corrected chi connectivity index (χ3v) is 7.42. The smallest absolute Gasteiger partial charge is 0.270 e. The lowest BCUT2D eigenvalue weighted by Gasteiger charge is -2.35. The molecule has 2 aromatic heterocycles.